The molecule has 8 nitrogen and oxygen atoms in total. The zero-order valence-electron chi connectivity index (χ0n) is 14.9. The molecule has 1 aliphatic carbocycles. The quantitative estimate of drug-likeness (QED) is 0.515. The molecule has 0 saturated heterocycles. The van der Waals surface area contributed by atoms with Gasteiger partial charge < -0.3 is 29.3 Å². The van der Waals surface area contributed by atoms with E-state index in [9.17, 15) is 30.0 Å². The third-order valence-corrected chi connectivity index (χ3v) is 4.98. The first-order valence-corrected chi connectivity index (χ1v) is 8.69. The van der Waals surface area contributed by atoms with Crippen molar-refractivity contribution in [1.82, 2.24) is 0 Å². The Hall–Kier alpha value is -3.10. The minimum atomic E-state index is -1.87. The Balaban J connectivity index is 1.95. The van der Waals surface area contributed by atoms with Crippen molar-refractivity contribution in [2.75, 3.05) is 0 Å². The molecule has 4 N–H and O–H groups in total. The fourth-order valence-electron chi connectivity index (χ4n) is 3.99. The lowest BCUT2D eigenvalue weighted by molar-refractivity contribution is -0.0345. The third kappa shape index (κ3) is 2.96. The SMILES string of the molecule is Cc1cc(O)cc2oc3c(c(=O)c12)[C@](O)(Cc1cc(O)cc(=O)o1)C[C@@H](O)C3. The molecule has 0 aliphatic heterocycles. The average molecular weight is 386 g/mol. The van der Waals surface area contributed by atoms with Gasteiger partial charge in [0.1, 0.15) is 34.2 Å². The van der Waals surface area contributed by atoms with Crippen molar-refractivity contribution >= 4 is 11.0 Å². The Morgan fingerprint density at radius 1 is 1.11 bits per heavy atom. The first-order valence-electron chi connectivity index (χ1n) is 8.69. The van der Waals surface area contributed by atoms with E-state index in [4.69, 9.17) is 8.83 Å². The number of hydrogen-bond acceptors (Lipinski definition) is 8. The van der Waals surface area contributed by atoms with E-state index in [2.05, 4.69) is 0 Å². The van der Waals surface area contributed by atoms with Gasteiger partial charge in [-0.25, -0.2) is 4.79 Å². The predicted octanol–water partition coefficient (Wildman–Crippen LogP) is 1.20. The van der Waals surface area contributed by atoms with Gasteiger partial charge in [0, 0.05) is 31.4 Å². The van der Waals surface area contributed by atoms with Crippen molar-refractivity contribution < 1.29 is 29.3 Å². The van der Waals surface area contributed by atoms with Crippen LogP contribution in [0.1, 0.15) is 29.1 Å². The Bertz CT molecular complexity index is 1210. The summed E-state index contributed by atoms with van der Waals surface area (Å²) < 4.78 is 10.8. The minimum absolute atomic E-state index is 0.0154. The lowest BCUT2D eigenvalue weighted by Crippen LogP contribution is -2.43. The second kappa shape index (κ2) is 6.22. The van der Waals surface area contributed by atoms with Crippen molar-refractivity contribution in [2.45, 2.75) is 37.9 Å². The maximum absolute atomic E-state index is 13.2. The molecule has 0 amide bonds. The zero-order chi connectivity index (χ0) is 20.2. The molecule has 2 aromatic heterocycles. The topological polar surface area (TPSA) is 141 Å². The Morgan fingerprint density at radius 3 is 2.54 bits per heavy atom. The van der Waals surface area contributed by atoms with Gasteiger partial charge in [0.05, 0.1) is 23.1 Å². The molecule has 146 valence electrons. The summed E-state index contributed by atoms with van der Waals surface area (Å²) in [6.07, 6.45) is -1.47. The lowest BCUT2D eigenvalue weighted by Gasteiger charge is -2.35. The number of aryl methyl sites for hydroxylation is 1. The molecule has 0 unspecified atom stereocenters. The molecule has 4 rings (SSSR count). The average Bonchev–Trinajstić information content (AvgIpc) is 2.51. The van der Waals surface area contributed by atoms with Gasteiger partial charge >= 0.3 is 5.63 Å². The van der Waals surface area contributed by atoms with Gasteiger partial charge in [-0.05, 0) is 18.6 Å². The summed E-state index contributed by atoms with van der Waals surface area (Å²) in [6.45, 7) is 1.64. The predicted molar refractivity (Wildman–Crippen MR) is 97.5 cm³/mol. The van der Waals surface area contributed by atoms with Crippen molar-refractivity contribution in [2.24, 2.45) is 0 Å². The normalized spacial score (nSPS) is 21.6. The van der Waals surface area contributed by atoms with E-state index in [1.165, 1.54) is 18.2 Å². The molecule has 0 saturated carbocycles. The fourth-order valence-corrected chi connectivity index (χ4v) is 3.99. The number of aromatic hydroxyl groups is 2. The third-order valence-electron chi connectivity index (χ3n) is 4.98. The maximum atomic E-state index is 13.2. The summed E-state index contributed by atoms with van der Waals surface area (Å²) in [7, 11) is 0. The highest BCUT2D eigenvalue weighted by Crippen LogP contribution is 2.38. The minimum Gasteiger partial charge on any atom is -0.508 e. The van der Waals surface area contributed by atoms with Crippen LogP contribution in [-0.2, 0) is 18.4 Å². The number of rotatable bonds is 2. The number of fused-ring (bicyclic) bond motifs is 2. The van der Waals surface area contributed by atoms with Crippen LogP contribution in [0, 0.1) is 6.92 Å². The van der Waals surface area contributed by atoms with Crippen LogP contribution < -0.4 is 11.1 Å². The highest BCUT2D eigenvalue weighted by atomic mass is 16.4. The molecule has 0 radical (unpaired) electrons. The second-order valence-electron chi connectivity index (χ2n) is 7.24. The van der Waals surface area contributed by atoms with Crippen LogP contribution in [0.15, 0.2) is 42.7 Å². The number of phenolic OH excluding ortho intramolecular Hbond substituents is 1. The second-order valence-corrected chi connectivity index (χ2v) is 7.24. The van der Waals surface area contributed by atoms with E-state index in [0.717, 1.165) is 6.07 Å². The van der Waals surface area contributed by atoms with Gasteiger partial charge in [-0.1, -0.05) is 0 Å². The van der Waals surface area contributed by atoms with Crippen LogP contribution in [0.5, 0.6) is 11.5 Å². The summed E-state index contributed by atoms with van der Waals surface area (Å²) >= 11 is 0. The number of hydrogen-bond donors (Lipinski definition) is 4. The Labute approximate surface area is 157 Å². The molecule has 2 atom stereocenters. The van der Waals surface area contributed by atoms with Crippen LogP contribution in [-0.4, -0.2) is 26.5 Å². The van der Waals surface area contributed by atoms with E-state index < -0.39 is 22.8 Å². The van der Waals surface area contributed by atoms with Gasteiger partial charge in [0.25, 0.3) is 0 Å². The van der Waals surface area contributed by atoms with Gasteiger partial charge in [0.2, 0.25) is 0 Å². The number of aliphatic hydroxyl groups is 2. The lowest BCUT2D eigenvalue weighted by atomic mass is 9.77. The van der Waals surface area contributed by atoms with Crippen LogP contribution in [0.3, 0.4) is 0 Å². The molecule has 0 spiro atoms. The highest BCUT2D eigenvalue weighted by Gasteiger charge is 2.43. The zero-order valence-corrected chi connectivity index (χ0v) is 14.9. The van der Waals surface area contributed by atoms with E-state index in [1.54, 1.807) is 6.92 Å². The van der Waals surface area contributed by atoms with Gasteiger partial charge in [-0.3, -0.25) is 4.79 Å². The molecule has 8 heteroatoms. The van der Waals surface area contributed by atoms with Crippen molar-refractivity contribution in [3.8, 4) is 11.5 Å². The monoisotopic (exact) mass is 386 g/mol. The molecule has 2 heterocycles. The van der Waals surface area contributed by atoms with Crippen LogP contribution >= 0.6 is 0 Å². The Morgan fingerprint density at radius 2 is 1.82 bits per heavy atom. The molecule has 3 aromatic rings. The molecule has 1 aliphatic rings. The van der Waals surface area contributed by atoms with E-state index in [-0.39, 0.29) is 58.8 Å². The highest BCUT2D eigenvalue weighted by molar-refractivity contribution is 5.82. The standard InChI is InChI=1S/C20H18O8/c1-9-2-10(21)4-14-17(9)19(25)18-15(28-14)5-12(23)7-20(18,26)8-13-3-11(22)6-16(24)27-13/h2-4,6,12,21-23,26H,5,7-8H2,1H3/t12-,20+/m0/s1. The number of benzene rings is 1. The molecule has 0 bridgehead atoms. The van der Waals surface area contributed by atoms with Gasteiger partial charge in [-0.2, -0.15) is 0 Å². The summed E-state index contributed by atoms with van der Waals surface area (Å²) in [4.78, 5) is 24.8. The van der Waals surface area contributed by atoms with Crippen LogP contribution in [0.25, 0.3) is 11.0 Å². The molecular formula is C20H18O8. The van der Waals surface area contributed by atoms with Gasteiger partial charge in [-0.15, -0.1) is 0 Å². The van der Waals surface area contributed by atoms with E-state index in [0.29, 0.717) is 5.56 Å². The van der Waals surface area contributed by atoms with E-state index in [1.807, 2.05) is 0 Å². The summed E-state index contributed by atoms with van der Waals surface area (Å²) in [5.41, 5.74) is -2.54. The summed E-state index contributed by atoms with van der Waals surface area (Å²) in [6, 6.07) is 4.77. The summed E-state index contributed by atoms with van der Waals surface area (Å²) in [5.74, 6) is -0.328. The summed E-state index contributed by atoms with van der Waals surface area (Å²) in [5, 5.41) is 41.2. The molecule has 0 fully saturated rings. The van der Waals surface area contributed by atoms with Crippen LogP contribution in [0.2, 0.25) is 0 Å². The first-order chi connectivity index (χ1) is 13.2. The fraction of sp³-hybridized carbons (Fsp3) is 0.300. The smallest absolute Gasteiger partial charge is 0.339 e. The number of phenols is 1. The maximum Gasteiger partial charge on any atom is 0.339 e. The van der Waals surface area contributed by atoms with Crippen molar-refractivity contribution in [3.63, 3.8) is 0 Å². The molecule has 1 aromatic carbocycles. The van der Waals surface area contributed by atoms with Crippen molar-refractivity contribution in [3.05, 3.63) is 67.6 Å². The molecular weight excluding hydrogens is 368 g/mol. The van der Waals surface area contributed by atoms with E-state index >= 15 is 0 Å². The Kier molecular flexibility index (Phi) is 4.06. The largest absolute Gasteiger partial charge is 0.508 e. The number of aliphatic hydroxyl groups excluding tert-OH is 1. The van der Waals surface area contributed by atoms with Crippen LogP contribution in [0.4, 0.5) is 0 Å². The molecule has 28 heavy (non-hydrogen) atoms. The first kappa shape index (κ1) is 18.3. The van der Waals surface area contributed by atoms with Gasteiger partial charge in [0.15, 0.2) is 5.43 Å². The van der Waals surface area contributed by atoms with Crippen molar-refractivity contribution in [1.29, 1.82) is 0 Å².